The van der Waals surface area contributed by atoms with Crippen molar-refractivity contribution in [2.24, 2.45) is 5.92 Å². The van der Waals surface area contributed by atoms with E-state index in [9.17, 15) is 0 Å². The number of hydrogen-bond donors (Lipinski definition) is 1. The molecule has 0 heterocycles. The molecule has 1 nitrogen and oxygen atoms in total. The largest absolute Gasteiger partial charge is 0.310 e. The highest BCUT2D eigenvalue weighted by molar-refractivity contribution is 9.10. The van der Waals surface area contributed by atoms with Gasteiger partial charge in [-0.1, -0.05) is 48.8 Å². The maximum atomic E-state index is 3.61. The Bertz CT molecular complexity index is 334. The lowest BCUT2D eigenvalue weighted by Crippen LogP contribution is -2.26. The molecule has 0 aromatic heterocycles. The minimum atomic E-state index is 0.455. The monoisotopic (exact) mass is 283 g/mol. The molecule has 0 bridgehead atoms. The van der Waals surface area contributed by atoms with Crippen LogP contribution < -0.4 is 5.32 Å². The predicted molar refractivity (Wildman–Crippen MR) is 74.8 cm³/mol. The van der Waals surface area contributed by atoms with Gasteiger partial charge in [-0.2, -0.15) is 0 Å². The number of nitrogens with one attached hydrogen (secondary N) is 1. The molecule has 0 fully saturated rings. The summed E-state index contributed by atoms with van der Waals surface area (Å²) in [5, 5.41) is 3.61. The van der Waals surface area contributed by atoms with Crippen molar-refractivity contribution in [2.75, 3.05) is 6.54 Å². The van der Waals surface area contributed by atoms with E-state index in [4.69, 9.17) is 0 Å². The number of rotatable bonds is 5. The molecule has 16 heavy (non-hydrogen) atoms. The Morgan fingerprint density at radius 3 is 2.50 bits per heavy atom. The fraction of sp³-hybridized carbons (Fsp3) is 0.571. The Morgan fingerprint density at radius 1 is 1.31 bits per heavy atom. The highest BCUT2D eigenvalue weighted by atomic mass is 79.9. The molecule has 0 saturated heterocycles. The fourth-order valence-electron chi connectivity index (χ4n) is 1.84. The molecule has 2 heteroatoms. The van der Waals surface area contributed by atoms with Gasteiger partial charge in [-0.25, -0.2) is 0 Å². The zero-order chi connectivity index (χ0) is 12.1. The van der Waals surface area contributed by atoms with E-state index in [0.29, 0.717) is 12.0 Å². The minimum absolute atomic E-state index is 0.455. The molecule has 90 valence electrons. The number of aryl methyl sites for hydroxylation is 1. The maximum absolute atomic E-state index is 3.61. The lowest BCUT2D eigenvalue weighted by Gasteiger charge is -2.23. The molecule has 1 N–H and O–H groups in total. The molecule has 1 atom stereocenters. The second-order valence-corrected chi connectivity index (χ2v) is 5.54. The molecule has 1 aromatic rings. The Labute approximate surface area is 108 Å². The lowest BCUT2D eigenvalue weighted by molar-refractivity contribution is 0.412. The predicted octanol–water partition coefficient (Wildman–Crippen LogP) is 4.45. The first kappa shape index (κ1) is 13.7. The van der Waals surface area contributed by atoms with Crippen LogP contribution in [-0.2, 0) is 0 Å². The molecular formula is C14H22BrN. The SMILES string of the molecule is CCCNC(c1ccc(C)c(Br)c1)C(C)C. The van der Waals surface area contributed by atoms with Gasteiger partial charge in [0.2, 0.25) is 0 Å². The molecule has 1 unspecified atom stereocenters. The van der Waals surface area contributed by atoms with Crippen LogP contribution in [0.1, 0.15) is 44.4 Å². The van der Waals surface area contributed by atoms with Crippen LogP contribution in [-0.4, -0.2) is 6.54 Å². The molecule has 0 aliphatic rings. The van der Waals surface area contributed by atoms with E-state index in [1.165, 1.54) is 22.0 Å². The van der Waals surface area contributed by atoms with E-state index in [2.05, 4.69) is 67.1 Å². The number of halogens is 1. The zero-order valence-electron chi connectivity index (χ0n) is 10.7. The first-order valence-electron chi connectivity index (χ1n) is 6.05. The Kier molecular flexibility index (Phi) is 5.50. The van der Waals surface area contributed by atoms with E-state index >= 15 is 0 Å². The molecular weight excluding hydrogens is 262 g/mol. The van der Waals surface area contributed by atoms with Crippen molar-refractivity contribution < 1.29 is 0 Å². The van der Waals surface area contributed by atoms with Crippen molar-refractivity contribution in [2.45, 2.75) is 40.2 Å². The van der Waals surface area contributed by atoms with Crippen LogP contribution in [0.4, 0.5) is 0 Å². The van der Waals surface area contributed by atoms with Gasteiger partial charge >= 0.3 is 0 Å². The summed E-state index contributed by atoms with van der Waals surface area (Å²) in [5.41, 5.74) is 2.67. The third kappa shape index (κ3) is 3.60. The Morgan fingerprint density at radius 2 is 2.00 bits per heavy atom. The van der Waals surface area contributed by atoms with Crippen LogP contribution in [0.2, 0.25) is 0 Å². The van der Waals surface area contributed by atoms with Gasteiger partial charge in [-0.15, -0.1) is 0 Å². The van der Waals surface area contributed by atoms with Crippen LogP contribution in [0.3, 0.4) is 0 Å². The van der Waals surface area contributed by atoms with Gasteiger partial charge in [0.1, 0.15) is 0 Å². The van der Waals surface area contributed by atoms with Gasteiger partial charge in [0.15, 0.2) is 0 Å². The first-order chi connectivity index (χ1) is 7.56. The molecule has 0 aliphatic heterocycles. The highest BCUT2D eigenvalue weighted by Gasteiger charge is 2.15. The molecule has 0 saturated carbocycles. The van der Waals surface area contributed by atoms with E-state index in [-0.39, 0.29) is 0 Å². The standard InChI is InChI=1S/C14H22BrN/c1-5-8-16-14(10(2)3)12-7-6-11(4)13(15)9-12/h6-7,9-10,14,16H,5,8H2,1-4H3. The quantitative estimate of drug-likeness (QED) is 0.842. The van der Waals surface area contributed by atoms with Crippen LogP contribution in [0, 0.1) is 12.8 Å². The minimum Gasteiger partial charge on any atom is -0.310 e. The number of benzene rings is 1. The maximum Gasteiger partial charge on any atom is 0.0343 e. The molecule has 0 radical (unpaired) electrons. The third-order valence-corrected chi connectivity index (χ3v) is 3.69. The average molecular weight is 284 g/mol. The summed E-state index contributed by atoms with van der Waals surface area (Å²) in [6, 6.07) is 7.11. The van der Waals surface area contributed by atoms with Crippen molar-refractivity contribution in [3.05, 3.63) is 33.8 Å². The van der Waals surface area contributed by atoms with Crippen LogP contribution in [0.25, 0.3) is 0 Å². The zero-order valence-corrected chi connectivity index (χ0v) is 12.3. The lowest BCUT2D eigenvalue weighted by atomic mass is 9.95. The van der Waals surface area contributed by atoms with Crippen molar-refractivity contribution in [1.82, 2.24) is 5.32 Å². The summed E-state index contributed by atoms with van der Waals surface area (Å²) in [5.74, 6) is 0.612. The van der Waals surface area contributed by atoms with Crippen molar-refractivity contribution in [1.29, 1.82) is 0 Å². The molecule has 0 spiro atoms. The van der Waals surface area contributed by atoms with Crippen molar-refractivity contribution in [3.63, 3.8) is 0 Å². The van der Waals surface area contributed by atoms with Crippen LogP contribution in [0.15, 0.2) is 22.7 Å². The van der Waals surface area contributed by atoms with E-state index in [1.807, 2.05) is 0 Å². The van der Waals surface area contributed by atoms with Gasteiger partial charge in [0, 0.05) is 10.5 Å². The van der Waals surface area contributed by atoms with E-state index in [1.54, 1.807) is 0 Å². The van der Waals surface area contributed by atoms with E-state index in [0.717, 1.165) is 6.54 Å². The summed E-state index contributed by atoms with van der Waals surface area (Å²) in [7, 11) is 0. The summed E-state index contributed by atoms with van der Waals surface area (Å²) in [6.45, 7) is 9.93. The van der Waals surface area contributed by atoms with Gasteiger partial charge in [0.05, 0.1) is 0 Å². The average Bonchev–Trinajstić information content (AvgIpc) is 2.23. The number of hydrogen-bond acceptors (Lipinski definition) is 1. The molecule has 0 amide bonds. The topological polar surface area (TPSA) is 12.0 Å². The molecule has 0 aliphatic carbocycles. The van der Waals surface area contributed by atoms with Crippen LogP contribution >= 0.6 is 15.9 Å². The highest BCUT2D eigenvalue weighted by Crippen LogP contribution is 2.26. The van der Waals surface area contributed by atoms with Gasteiger partial charge in [-0.3, -0.25) is 0 Å². The van der Waals surface area contributed by atoms with Gasteiger partial charge < -0.3 is 5.32 Å². The normalized spacial score (nSPS) is 13.1. The molecule has 1 aromatic carbocycles. The van der Waals surface area contributed by atoms with Crippen LogP contribution in [0.5, 0.6) is 0 Å². The summed E-state index contributed by atoms with van der Waals surface area (Å²) >= 11 is 3.60. The second kappa shape index (κ2) is 6.41. The smallest absolute Gasteiger partial charge is 0.0343 e. The van der Waals surface area contributed by atoms with Crippen molar-refractivity contribution >= 4 is 15.9 Å². The van der Waals surface area contributed by atoms with Gasteiger partial charge in [0.25, 0.3) is 0 Å². The summed E-state index contributed by atoms with van der Waals surface area (Å²) in [6.07, 6.45) is 1.18. The third-order valence-electron chi connectivity index (χ3n) is 2.84. The summed E-state index contributed by atoms with van der Waals surface area (Å²) < 4.78 is 1.20. The van der Waals surface area contributed by atoms with Gasteiger partial charge in [-0.05, 0) is 43.0 Å². The second-order valence-electron chi connectivity index (χ2n) is 4.68. The molecule has 1 rings (SSSR count). The Hall–Kier alpha value is -0.340. The van der Waals surface area contributed by atoms with E-state index < -0.39 is 0 Å². The fourth-order valence-corrected chi connectivity index (χ4v) is 2.24. The Balaban J connectivity index is 2.88. The van der Waals surface area contributed by atoms with Crippen molar-refractivity contribution in [3.8, 4) is 0 Å². The summed E-state index contributed by atoms with van der Waals surface area (Å²) in [4.78, 5) is 0. The first-order valence-corrected chi connectivity index (χ1v) is 6.85.